The maximum atomic E-state index is 12.0. The standard InChI is InChI=1S/C15H12N2O/c1-11-4-6-12(7-5-11)9-13(10-16)15(18)14-3-2-8-17-14/h2-9,17H,1H3/b13-9+. The average Bonchev–Trinajstić information content (AvgIpc) is 2.91. The van der Waals surface area contributed by atoms with Crippen LogP contribution in [0, 0.1) is 18.3 Å². The van der Waals surface area contributed by atoms with Crippen LogP contribution in [0.1, 0.15) is 21.6 Å². The monoisotopic (exact) mass is 236 g/mol. The Morgan fingerprint density at radius 2 is 2.00 bits per heavy atom. The number of nitrogens with one attached hydrogen (secondary N) is 1. The summed E-state index contributed by atoms with van der Waals surface area (Å²) in [6.45, 7) is 1.99. The Morgan fingerprint density at radius 1 is 1.28 bits per heavy atom. The van der Waals surface area contributed by atoms with Gasteiger partial charge in [0.05, 0.1) is 5.69 Å². The lowest BCUT2D eigenvalue weighted by Gasteiger charge is -1.98. The number of aromatic amines is 1. The predicted octanol–water partition coefficient (Wildman–Crippen LogP) is 3.11. The quantitative estimate of drug-likeness (QED) is 0.505. The van der Waals surface area contributed by atoms with Crippen molar-refractivity contribution in [3.63, 3.8) is 0 Å². The molecule has 0 unspecified atom stereocenters. The molecule has 0 aliphatic carbocycles. The van der Waals surface area contributed by atoms with Crippen molar-refractivity contribution in [1.82, 2.24) is 4.98 Å². The van der Waals surface area contributed by atoms with E-state index in [9.17, 15) is 4.79 Å². The van der Waals surface area contributed by atoms with E-state index in [0.717, 1.165) is 11.1 Å². The van der Waals surface area contributed by atoms with E-state index in [2.05, 4.69) is 4.98 Å². The summed E-state index contributed by atoms with van der Waals surface area (Å²) in [6.07, 6.45) is 3.26. The highest BCUT2D eigenvalue weighted by Gasteiger charge is 2.12. The summed E-state index contributed by atoms with van der Waals surface area (Å²) in [5.41, 5.74) is 2.54. The lowest BCUT2D eigenvalue weighted by Crippen LogP contribution is -2.01. The molecule has 0 bridgehead atoms. The molecule has 2 aromatic rings. The van der Waals surface area contributed by atoms with Crippen molar-refractivity contribution in [1.29, 1.82) is 5.26 Å². The third-order valence-corrected chi connectivity index (χ3v) is 2.60. The predicted molar refractivity (Wildman–Crippen MR) is 69.9 cm³/mol. The lowest BCUT2D eigenvalue weighted by molar-refractivity contribution is 0.103. The van der Waals surface area contributed by atoms with Crippen LogP contribution in [0.25, 0.3) is 6.08 Å². The molecule has 88 valence electrons. The molecule has 3 heteroatoms. The van der Waals surface area contributed by atoms with Gasteiger partial charge in [0, 0.05) is 6.20 Å². The molecular weight excluding hydrogens is 224 g/mol. The SMILES string of the molecule is Cc1ccc(/C=C(\C#N)C(=O)c2ccc[nH]2)cc1. The Hall–Kier alpha value is -2.60. The molecule has 0 spiro atoms. The number of aromatic nitrogens is 1. The fraction of sp³-hybridized carbons (Fsp3) is 0.0667. The Morgan fingerprint density at radius 3 is 2.56 bits per heavy atom. The zero-order valence-electron chi connectivity index (χ0n) is 9.97. The zero-order valence-corrected chi connectivity index (χ0v) is 9.97. The van der Waals surface area contributed by atoms with Crippen molar-refractivity contribution in [3.8, 4) is 6.07 Å². The normalized spacial score (nSPS) is 11.0. The van der Waals surface area contributed by atoms with Crippen LogP contribution in [0.5, 0.6) is 0 Å². The van der Waals surface area contributed by atoms with Crippen LogP contribution >= 0.6 is 0 Å². The van der Waals surface area contributed by atoms with Gasteiger partial charge in [0.25, 0.3) is 0 Å². The molecular formula is C15H12N2O. The van der Waals surface area contributed by atoms with Crippen molar-refractivity contribution in [2.45, 2.75) is 6.92 Å². The van der Waals surface area contributed by atoms with Crippen molar-refractivity contribution in [3.05, 3.63) is 65.0 Å². The molecule has 0 saturated carbocycles. The van der Waals surface area contributed by atoms with Gasteiger partial charge in [0.15, 0.2) is 0 Å². The van der Waals surface area contributed by atoms with Crippen molar-refractivity contribution < 1.29 is 4.79 Å². The molecule has 0 aliphatic heterocycles. The summed E-state index contributed by atoms with van der Waals surface area (Å²) in [4.78, 5) is 14.8. The van der Waals surface area contributed by atoms with E-state index >= 15 is 0 Å². The summed E-state index contributed by atoms with van der Waals surface area (Å²) in [5.74, 6) is -0.289. The summed E-state index contributed by atoms with van der Waals surface area (Å²) < 4.78 is 0. The van der Waals surface area contributed by atoms with E-state index in [0.29, 0.717) is 5.69 Å². The second-order valence-electron chi connectivity index (χ2n) is 3.99. The number of hydrogen-bond donors (Lipinski definition) is 1. The van der Waals surface area contributed by atoms with Crippen LogP contribution in [0.3, 0.4) is 0 Å². The maximum absolute atomic E-state index is 12.0. The summed E-state index contributed by atoms with van der Waals surface area (Å²) in [6, 6.07) is 13.0. The summed E-state index contributed by atoms with van der Waals surface area (Å²) >= 11 is 0. The molecule has 1 N–H and O–H groups in total. The Balaban J connectivity index is 2.32. The van der Waals surface area contributed by atoms with Gasteiger partial charge in [-0.3, -0.25) is 4.79 Å². The van der Waals surface area contributed by atoms with Crippen LogP contribution in [-0.2, 0) is 0 Å². The molecule has 1 heterocycles. The first-order chi connectivity index (χ1) is 8.70. The number of carbonyl (C=O) groups is 1. The lowest BCUT2D eigenvalue weighted by atomic mass is 10.1. The minimum absolute atomic E-state index is 0.126. The number of hydrogen-bond acceptors (Lipinski definition) is 2. The van der Waals surface area contributed by atoms with Crippen molar-refractivity contribution >= 4 is 11.9 Å². The van der Waals surface area contributed by atoms with Gasteiger partial charge in [-0.05, 0) is 30.7 Å². The number of allylic oxidation sites excluding steroid dienone is 1. The van der Waals surface area contributed by atoms with Crippen LogP contribution in [-0.4, -0.2) is 10.8 Å². The minimum atomic E-state index is -0.289. The third kappa shape index (κ3) is 2.55. The van der Waals surface area contributed by atoms with Crippen molar-refractivity contribution in [2.24, 2.45) is 0 Å². The van der Waals surface area contributed by atoms with E-state index in [1.165, 1.54) is 0 Å². The van der Waals surface area contributed by atoms with Gasteiger partial charge >= 0.3 is 0 Å². The number of Topliss-reactive ketones (excluding diaryl/α,β-unsaturated/α-hetero) is 1. The van der Waals surface area contributed by atoms with E-state index in [-0.39, 0.29) is 11.4 Å². The van der Waals surface area contributed by atoms with Crippen LogP contribution < -0.4 is 0 Å². The van der Waals surface area contributed by atoms with Gasteiger partial charge in [-0.1, -0.05) is 29.8 Å². The molecule has 3 nitrogen and oxygen atoms in total. The molecule has 0 atom stereocenters. The molecule has 0 amide bonds. The molecule has 18 heavy (non-hydrogen) atoms. The number of aryl methyl sites for hydroxylation is 1. The van der Waals surface area contributed by atoms with Gasteiger partial charge in [0.1, 0.15) is 11.6 Å². The topological polar surface area (TPSA) is 56.6 Å². The van der Waals surface area contributed by atoms with Gasteiger partial charge < -0.3 is 4.98 Å². The van der Waals surface area contributed by atoms with E-state index in [4.69, 9.17) is 5.26 Å². The number of ketones is 1. The second kappa shape index (κ2) is 5.15. The molecule has 0 aliphatic rings. The number of carbonyl (C=O) groups excluding carboxylic acids is 1. The van der Waals surface area contributed by atoms with Crippen LogP contribution in [0.4, 0.5) is 0 Å². The van der Waals surface area contributed by atoms with Crippen LogP contribution in [0.15, 0.2) is 48.2 Å². The third-order valence-electron chi connectivity index (χ3n) is 2.60. The second-order valence-corrected chi connectivity index (χ2v) is 3.99. The molecule has 0 radical (unpaired) electrons. The van der Waals surface area contributed by atoms with Gasteiger partial charge in [-0.25, -0.2) is 0 Å². The first-order valence-corrected chi connectivity index (χ1v) is 5.57. The number of rotatable bonds is 3. The smallest absolute Gasteiger partial charge is 0.219 e. The Labute approximate surface area is 105 Å². The average molecular weight is 236 g/mol. The van der Waals surface area contributed by atoms with Crippen LogP contribution in [0.2, 0.25) is 0 Å². The molecule has 1 aromatic heterocycles. The summed E-state index contributed by atoms with van der Waals surface area (Å²) in [7, 11) is 0. The molecule has 2 rings (SSSR count). The number of nitrogens with zero attached hydrogens (tertiary/aromatic N) is 1. The molecule has 1 aromatic carbocycles. The number of nitriles is 1. The summed E-state index contributed by atoms with van der Waals surface area (Å²) in [5, 5.41) is 9.06. The Bertz CT molecular complexity index is 614. The number of benzene rings is 1. The first-order valence-electron chi connectivity index (χ1n) is 5.57. The first kappa shape index (κ1) is 11.9. The minimum Gasteiger partial charge on any atom is -0.358 e. The Kier molecular flexibility index (Phi) is 3.40. The highest BCUT2D eigenvalue weighted by atomic mass is 16.1. The fourth-order valence-electron chi connectivity index (χ4n) is 1.59. The maximum Gasteiger partial charge on any atom is 0.219 e. The van der Waals surface area contributed by atoms with E-state index in [1.54, 1.807) is 24.4 Å². The number of H-pyrrole nitrogens is 1. The molecule has 0 saturated heterocycles. The van der Waals surface area contributed by atoms with Crippen molar-refractivity contribution in [2.75, 3.05) is 0 Å². The molecule has 0 fully saturated rings. The fourth-order valence-corrected chi connectivity index (χ4v) is 1.59. The van der Waals surface area contributed by atoms with E-state index in [1.807, 2.05) is 37.3 Å². The van der Waals surface area contributed by atoms with E-state index < -0.39 is 0 Å². The zero-order chi connectivity index (χ0) is 13.0. The van der Waals surface area contributed by atoms with Gasteiger partial charge in [0.2, 0.25) is 5.78 Å². The highest BCUT2D eigenvalue weighted by Crippen LogP contribution is 2.12. The highest BCUT2D eigenvalue weighted by molar-refractivity contribution is 6.13. The van der Waals surface area contributed by atoms with Gasteiger partial charge in [-0.2, -0.15) is 5.26 Å². The van der Waals surface area contributed by atoms with Gasteiger partial charge in [-0.15, -0.1) is 0 Å². The largest absolute Gasteiger partial charge is 0.358 e.